The quantitative estimate of drug-likeness (QED) is 0.0931. The molecular weight excluding hydrogens is 781 g/mol. The molecule has 2 aromatic heterocycles. The lowest BCUT2D eigenvalue weighted by Crippen LogP contribution is -2.54. The number of amides is 4. The molecule has 4 aliphatic rings. The highest BCUT2D eigenvalue weighted by Gasteiger charge is 2.57. The maximum absolute atomic E-state index is 13.9. The topological polar surface area (TPSA) is 204 Å². The fraction of sp³-hybridized carbons (Fsp3) is 0.422. The van der Waals surface area contributed by atoms with Crippen LogP contribution in [-0.2, 0) is 23.8 Å². The molecule has 2 aliphatic carbocycles. The van der Waals surface area contributed by atoms with Gasteiger partial charge in [0.25, 0.3) is 0 Å². The summed E-state index contributed by atoms with van der Waals surface area (Å²) < 4.78 is 15.6. The van der Waals surface area contributed by atoms with Crippen molar-refractivity contribution < 1.29 is 38.5 Å². The van der Waals surface area contributed by atoms with Crippen molar-refractivity contribution in [1.82, 2.24) is 40.4 Å². The third kappa shape index (κ3) is 7.58. The van der Waals surface area contributed by atoms with Crippen molar-refractivity contribution in [2.75, 3.05) is 21.3 Å². The minimum Gasteiger partial charge on any atom is -0.465 e. The van der Waals surface area contributed by atoms with Gasteiger partial charge in [0.05, 0.1) is 55.2 Å². The van der Waals surface area contributed by atoms with Crippen LogP contribution in [-0.4, -0.2) is 117 Å². The number of imidazole rings is 2. The van der Waals surface area contributed by atoms with E-state index in [9.17, 15) is 24.3 Å². The highest BCUT2D eigenvalue weighted by Crippen LogP contribution is 2.54. The van der Waals surface area contributed by atoms with Crippen LogP contribution in [0, 0.1) is 11.8 Å². The number of likely N-dealkylation sites (tertiary alicyclic amines) is 2. The van der Waals surface area contributed by atoms with E-state index in [4.69, 9.17) is 24.2 Å². The second kappa shape index (κ2) is 16.0. The first-order valence-electron chi connectivity index (χ1n) is 20.7. The maximum atomic E-state index is 13.9. The van der Waals surface area contributed by atoms with Gasteiger partial charge in [0.2, 0.25) is 11.8 Å². The van der Waals surface area contributed by atoms with Gasteiger partial charge in [-0.05, 0) is 91.0 Å². The Morgan fingerprint density at radius 1 is 0.656 bits per heavy atom. The summed E-state index contributed by atoms with van der Waals surface area (Å²) in [5, 5.41) is 16.6. The van der Waals surface area contributed by atoms with Gasteiger partial charge in [-0.15, -0.1) is 0 Å². The third-order valence-electron chi connectivity index (χ3n) is 13.2. The average Bonchev–Trinajstić information content (AvgIpc) is 3.86. The Labute approximate surface area is 352 Å². The molecule has 10 atom stereocenters. The van der Waals surface area contributed by atoms with E-state index in [2.05, 4.69) is 81.3 Å². The highest BCUT2D eigenvalue weighted by molar-refractivity contribution is 5.91. The number of carbonyl (C=O) groups is 4. The molecule has 5 aromatic rings. The molecule has 9 rings (SSSR count). The van der Waals surface area contributed by atoms with Gasteiger partial charge in [0.15, 0.2) is 0 Å². The summed E-state index contributed by atoms with van der Waals surface area (Å²) in [6.45, 7) is 3.44. The summed E-state index contributed by atoms with van der Waals surface area (Å²) in [6.07, 6.45) is 3.87. The molecule has 0 bridgehead atoms. The standard InChI is InChI=1S/C45H50N8O8/c1-22(59-3)38(50-44(56)57)42(54)52-34-16-30(34)19-37(52)41-47-21-33(49-41)29-13-12-27-14-26(10-11-28(27)15-29)24-6-8-25(9-7-24)32-20-46-40(48-32)36-18-31-17-35(31)53(36)43(55)39(23(2)60-4)51-45(58)61-5/h6-15,20-23,30-31,34-39,50H,16-19H2,1-5H3,(H,46,48)(H,47,49)(H,51,58)(H,56,57)/t22?,23?,30-,31-,34-,35-,36+,37+,38?,39?/m1/s1. The first kappa shape index (κ1) is 40.2. The summed E-state index contributed by atoms with van der Waals surface area (Å²) in [4.78, 5) is 71.3. The van der Waals surface area contributed by atoms with Crippen molar-refractivity contribution in [2.45, 2.75) is 88.0 Å². The monoisotopic (exact) mass is 830 g/mol. The Morgan fingerprint density at radius 3 is 1.62 bits per heavy atom. The number of nitrogens with zero attached hydrogens (tertiary/aromatic N) is 4. The van der Waals surface area contributed by atoms with Crippen molar-refractivity contribution >= 4 is 34.8 Å². The van der Waals surface area contributed by atoms with Gasteiger partial charge in [-0.1, -0.05) is 48.5 Å². The predicted molar refractivity (Wildman–Crippen MR) is 224 cm³/mol. The van der Waals surface area contributed by atoms with Crippen molar-refractivity contribution in [2.24, 2.45) is 11.8 Å². The number of nitrogens with one attached hydrogen (secondary N) is 4. The van der Waals surface area contributed by atoms with Crippen LogP contribution in [0.3, 0.4) is 0 Å². The molecule has 61 heavy (non-hydrogen) atoms. The number of carboxylic acid groups (broad SMARTS) is 1. The van der Waals surface area contributed by atoms with Crippen molar-refractivity contribution in [3.8, 4) is 33.6 Å². The van der Waals surface area contributed by atoms with Crippen LogP contribution in [0.5, 0.6) is 0 Å². The van der Waals surface area contributed by atoms with Gasteiger partial charge in [0, 0.05) is 31.9 Å². The summed E-state index contributed by atoms with van der Waals surface area (Å²) in [7, 11) is 4.24. The highest BCUT2D eigenvalue weighted by atomic mass is 16.5. The zero-order valence-corrected chi connectivity index (χ0v) is 34.6. The van der Waals surface area contributed by atoms with Crippen molar-refractivity contribution in [1.29, 1.82) is 0 Å². The number of H-pyrrole nitrogens is 2. The predicted octanol–water partition coefficient (Wildman–Crippen LogP) is 6.04. The molecule has 3 aromatic carbocycles. The summed E-state index contributed by atoms with van der Waals surface area (Å²) in [5.41, 5.74) is 5.75. The Bertz CT molecular complexity index is 2480. The van der Waals surface area contributed by atoms with E-state index in [0.717, 1.165) is 70.1 Å². The summed E-state index contributed by atoms with van der Waals surface area (Å²) in [5.74, 6) is 1.66. The van der Waals surface area contributed by atoms with Gasteiger partial charge in [-0.3, -0.25) is 9.59 Å². The molecule has 0 radical (unpaired) electrons. The fourth-order valence-corrected chi connectivity index (χ4v) is 9.45. The van der Waals surface area contributed by atoms with E-state index in [1.807, 2.05) is 4.90 Å². The molecule has 0 spiro atoms. The second-order valence-corrected chi connectivity index (χ2v) is 16.8. The molecule has 4 fully saturated rings. The zero-order chi connectivity index (χ0) is 42.7. The van der Waals surface area contributed by atoms with Crippen LogP contribution in [0.2, 0.25) is 0 Å². The van der Waals surface area contributed by atoms with Crippen LogP contribution in [0.15, 0.2) is 73.1 Å². The zero-order valence-electron chi connectivity index (χ0n) is 34.6. The van der Waals surface area contributed by atoms with Crippen LogP contribution < -0.4 is 10.6 Å². The molecular formula is C45H50N8O8. The van der Waals surface area contributed by atoms with Gasteiger partial charge in [-0.25, -0.2) is 19.6 Å². The molecule has 16 heteroatoms. The maximum Gasteiger partial charge on any atom is 0.407 e. The number of aromatic amines is 2. The minimum absolute atomic E-state index is 0.0684. The number of hydrogen-bond donors (Lipinski definition) is 5. The number of rotatable bonds is 13. The molecule has 318 valence electrons. The lowest BCUT2D eigenvalue weighted by Gasteiger charge is -2.32. The molecule has 2 aliphatic heterocycles. The Balaban J connectivity index is 0.882. The van der Waals surface area contributed by atoms with Gasteiger partial charge in [-0.2, -0.15) is 0 Å². The number of fused-ring (bicyclic) bond motifs is 3. The number of methoxy groups -OCH3 is 3. The van der Waals surface area contributed by atoms with Crippen molar-refractivity contribution in [3.05, 3.63) is 84.7 Å². The molecule has 4 unspecified atom stereocenters. The molecule has 4 heterocycles. The minimum atomic E-state index is -1.27. The second-order valence-electron chi connectivity index (χ2n) is 16.8. The number of benzene rings is 3. The van der Waals surface area contributed by atoms with Gasteiger partial charge >= 0.3 is 12.2 Å². The first-order chi connectivity index (χ1) is 29.5. The molecule has 4 amide bonds. The van der Waals surface area contributed by atoms with Crippen molar-refractivity contribution in [3.63, 3.8) is 0 Å². The lowest BCUT2D eigenvalue weighted by atomic mass is 9.98. The number of ether oxygens (including phenoxy) is 3. The van der Waals surface area contributed by atoms with E-state index in [1.54, 1.807) is 31.1 Å². The average molecular weight is 831 g/mol. The third-order valence-corrected chi connectivity index (χ3v) is 13.2. The number of hydrogen-bond acceptors (Lipinski definition) is 9. The Kier molecular flexibility index (Phi) is 10.5. The molecule has 5 N–H and O–H groups in total. The van der Waals surface area contributed by atoms with Crippen LogP contribution in [0.1, 0.15) is 63.3 Å². The smallest absolute Gasteiger partial charge is 0.407 e. The van der Waals surface area contributed by atoms with E-state index in [0.29, 0.717) is 23.5 Å². The van der Waals surface area contributed by atoms with Crippen LogP contribution in [0.25, 0.3) is 44.4 Å². The van der Waals surface area contributed by atoms with Crippen LogP contribution >= 0.6 is 0 Å². The van der Waals surface area contributed by atoms with E-state index in [1.165, 1.54) is 21.3 Å². The number of piperidine rings is 2. The van der Waals surface area contributed by atoms with E-state index in [-0.39, 0.29) is 36.0 Å². The van der Waals surface area contributed by atoms with E-state index < -0.39 is 36.5 Å². The van der Waals surface area contributed by atoms with E-state index >= 15 is 0 Å². The number of carbonyl (C=O) groups excluding carboxylic acids is 3. The fourth-order valence-electron chi connectivity index (χ4n) is 9.45. The van der Waals surface area contributed by atoms with Crippen LogP contribution in [0.4, 0.5) is 9.59 Å². The lowest BCUT2D eigenvalue weighted by molar-refractivity contribution is -0.139. The summed E-state index contributed by atoms with van der Waals surface area (Å²) in [6, 6.07) is 18.7. The summed E-state index contributed by atoms with van der Waals surface area (Å²) >= 11 is 0. The first-order valence-corrected chi connectivity index (χ1v) is 20.7. The largest absolute Gasteiger partial charge is 0.465 e. The Morgan fingerprint density at radius 2 is 1.11 bits per heavy atom. The number of aromatic nitrogens is 4. The SMILES string of the molecule is COC(=O)NC(C(=O)N1[C@@H]2C[C@@H]2C[C@H]1c1ncc(-c2ccc(-c3ccc4cc(-c5cnc([C@@H]6C[C@H]7C[C@H]7N6C(=O)C(NC(=O)O)C(C)OC)[nH]5)ccc4c3)cc2)[nH]1)C(C)OC. The Hall–Kier alpha value is -6.26. The number of alkyl carbamates (subject to hydrolysis) is 1. The normalized spacial score (nSPS) is 24.3. The molecule has 2 saturated heterocycles. The van der Waals surface area contributed by atoms with Gasteiger partial charge < -0.3 is 49.7 Å². The molecule has 2 saturated carbocycles. The molecule has 16 nitrogen and oxygen atoms in total. The van der Waals surface area contributed by atoms with Gasteiger partial charge in [0.1, 0.15) is 23.7 Å².